The molecule has 1 N–H and O–H groups in total. The fourth-order valence-electron chi connectivity index (χ4n) is 9.14. The third-order valence-corrected chi connectivity index (χ3v) is 11.6. The number of allylic oxidation sites excluding steroid dienone is 4. The molecule has 0 amide bonds. The maximum absolute atomic E-state index is 5.44. The van der Waals surface area contributed by atoms with Crippen LogP contribution in [0.4, 0.5) is 0 Å². The average Bonchev–Trinajstić information content (AvgIpc) is 3.68. The van der Waals surface area contributed by atoms with Gasteiger partial charge in [-0.25, -0.2) is 9.98 Å². The zero-order valence-corrected chi connectivity index (χ0v) is 30.4. The zero-order chi connectivity index (χ0) is 35.7. The van der Waals surface area contributed by atoms with E-state index >= 15 is 0 Å². The SMILES string of the molecule is CC(C)(C)c1ccc2c(c1)C1(C3=C(C=CCC3)c3ccccc31)c1cc([C@@H]3N=C(c4ccccc4)NC(c4ccccc4-c4ccccc4)=N3)ccc1-2. The second-order valence-electron chi connectivity index (χ2n) is 15.7. The van der Waals surface area contributed by atoms with Crippen molar-refractivity contribution in [2.75, 3.05) is 0 Å². The second-order valence-corrected chi connectivity index (χ2v) is 15.7. The monoisotopic (exact) mass is 683 g/mol. The molecule has 3 aliphatic carbocycles. The van der Waals surface area contributed by atoms with Crippen LogP contribution in [0.25, 0.3) is 27.8 Å². The highest BCUT2D eigenvalue weighted by atomic mass is 15.2. The van der Waals surface area contributed by atoms with Gasteiger partial charge in [-0.1, -0.05) is 172 Å². The first-order valence-corrected chi connectivity index (χ1v) is 18.8. The van der Waals surface area contributed by atoms with Gasteiger partial charge >= 0.3 is 0 Å². The van der Waals surface area contributed by atoms with Crippen molar-refractivity contribution in [2.45, 2.75) is 50.6 Å². The molecule has 0 bridgehead atoms. The molecule has 0 fully saturated rings. The summed E-state index contributed by atoms with van der Waals surface area (Å²) in [4.78, 5) is 10.8. The molecular weight excluding hydrogens is 643 g/mol. The summed E-state index contributed by atoms with van der Waals surface area (Å²) in [6.45, 7) is 6.97. The Hall–Kier alpha value is -6.06. The fraction of sp³-hybridized carbons (Fsp3) is 0.160. The predicted octanol–water partition coefficient (Wildman–Crippen LogP) is 11.6. The van der Waals surface area contributed by atoms with Gasteiger partial charge in [0.2, 0.25) is 0 Å². The molecule has 53 heavy (non-hydrogen) atoms. The van der Waals surface area contributed by atoms with Crippen molar-refractivity contribution in [3.05, 3.63) is 208 Å². The number of nitrogens with one attached hydrogen (secondary N) is 1. The number of aliphatic imine (C=N–C) groups is 2. The predicted molar refractivity (Wildman–Crippen MR) is 219 cm³/mol. The van der Waals surface area contributed by atoms with Gasteiger partial charge in [-0.15, -0.1) is 0 Å². The molecule has 6 aromatic rings. The minimum Gasteiger partial charge on any atom is -0.324 e. The van der Waals surface area contributed by atoms with E-state index in [1.54, 1.807) is 0 Å². The van der Waals surface area contributed by atoms with Crippen LogP contribution in [0.2, 0.25) is 0 Å². The molecule has 3 heteroatoms. The highest BCUT2D eigenvalue weighted by molar-refractivity contribution is 6.17. The normalized spacial score (nSPS) is 19.6. The van der Waals surface area contributed by atoms with Gasteiger partial charge < -0.3 is 5.32 Å². The molecule has 10 rings (SSSR count). The van der Waals surface area contributed by atoms with Crippen molar-refractivity contribution in [2.24, 2.45) is 9.98 Å². The molecule has 256 valence electrons. The Kier molecular flexibility index (Phi) is 7.17. The van der Waals surface area contributed by atoms with Gasteiger partial charge in [-0.3, -0.25) is 0 Å². The summed E-state index contributed by atoms with van der Waals surface area (Å²) in [5, 5.41) is 3.67. The van der Waals surface area contributed by atoms with Crippen molar-refractivity contribution in [1.29, 1.82) is 0 Å². The Morgan fingerprint density at radius 3 is 1.94 bits per heavy atom. The number of hydrogen-bond donors (Lipinski definition) is 1. The van der Waals surface area contributed by atoms with Crippen molar-refractivity contribution in [1.82, 2.24) is 5.32 Å². The fourth-order valence-corrected chi connectivity index (χ4v) is 9.14. The van der Waals surface area contributed by atoms with E-state index in [1.807, 2.05) is 0 Å². The molecule has 1 aliphatic heterocycles. The van der Waals surface area contributed by atoms with E-state index in [9.17, 15) is 0 Å². The molecule has 0 aromatic heterocycles. The van der Waals surface area contributed by atoms with E-state index in [0.717, 1.165) is 52.3 Å². The van der Waals surface area contributed by atoms with Gasteiger partial charge in [0.25, 0.3) is 0 Å². The molecular formula is C50H41N3. The number of hydrogen-bond acceptors (Lipinski definition) is 3. The first-order valence-electron chi connectivity index (χ1n) is 18.8. The molecule has 0 saturated carbocycles. The third-order valence-electron chi connectivity index (χ3n) is 11.6. The van der Waals surface area contributed by atoms with Crippen molar-refractivity contribution >= 4 is 17.2 Å². The minimum absolute atomic E-state index is 0.0246. The maximum Gasteiger partial charge on any atom is 0.169 e. The van der Waals surface area contributed by atoms with E-state index in [4.69, 9.17) is 9.98 Å². The third kappa shape index (κ3) is 4.87. The number of rotatable bonds is 4. The van der Waals surface area contributed by atoms with Crippen LogP contribution in [0.15, 0.2) is 173 Å². The summed E-state index contributed by atoms with van der Waals surface area (Å²) < 4.78 is 0. The van der Waals surface area contributed by atoms with Gasteiger partial charge in [0, 0.05) is 11.1 Å². The number of nitrogens with zero attached hydrogens (tertiary/aromatic N) is 2. The topological polar surface area (TPSA) is 36.8 Å². The lowest BCUT2D eigenvalue weighted by Gasteiger charge is -2.34. The summed E-state index contributed by atoms with van der Waals surface area (Å²) in [6.07, 6.45) is 6.38. The Morgan fingerprint density at radius 1 is 0.566 bits per heavy atom. The van der Waals surface area contributed by atoms with Crippen molar-refractivity contribution in [3.63, 3.8) is 0 Å². The van der Waals surface area contributed by atoms with Gasteiger partial charge in [0.15, 0.2) is 6.17 Å². The molecule has 1 spiro atoms. The van der Waals surface area contributed by atoms with Gasteiger partial charge in [0.1, 0.15) is 11.7 Å². The lowest BCUT2D eigenvalue weighted by Crippen LogP contribution is -2.36. The molecule has 4 aliphatic rings. The quantitative estimate of drug-likeness (QED) is 0.197. The first kappa shape index (κ1) is 31.7. The molecule has 1 unspecified atom stereocenters. The summed E-state index contributed by atoms with van der Waals surface area (Å²) in [5.41, 5.74) is 17.5. The van der Waals surface area contributed by atoms with E-state index in [1.165, 1.54) is 50.1 Å². The van der Waals surface area contributed by atoms with Crippen LogP contribution in [0.3, 0.4) is 0 Å². The number of benzene rings is 6. The van der Waals surface area contributed by atoms with Crippen LogP contribution >= 0.6 is 0 Å². The molecule has 1 heterocycles. The first-order chi connectivity index (χ1) is 25.9. The molecule has 0 radical (unpaired) electrons. The summed E-state index contributed by atoms with van der Waals surface area (Å²) in [5.74, 6) is 1.65. The Morgan fingerprint density at radius 2 is 1.19 bits per heavy atom. The molecule has 0 saturated heterocycles. The summed E-state index contributed by atoms with van der Waals surface area (Å²) in [6, 6.07) is 53.0. The lowest BCUT2D eigenvalue weighted by atomic mass is 9.67. The molecule has 3 nitrogen and oxygen atoms in total. The highest BCUT2D eigenvalue weighted by Crippen LogP contribution is 2.64. The zero-order valence-electron chi connectivity index (χ0n) is 30.4. The van der Waals surface area contributed by atoms with E-state index < -0.39 is 6.17 Å². The lowest BCUT2D eigenvalue weighted by molar-refractivity contribution is 0.587. The van der Waals surface area contributed by atoms with E-state index in [2.05, 4.69) is 184 Å². The minimum atomic E-state index is -0.433. The summed E-state index contributed by atoms with van der Waals surface area (Å²) >= 11 is 0. The Labute approximate surface area is 312 Å². The number of amidine groups is 2. The molecule has 2 atom stereocenters. The van der Waals surface area contributed by atoms with Crippen LogP contribution in [-0.4, -0.2) is 11.7 Å². The van der Waals surface area contributed by atoms with Crippen LogP contribution < -0.4 is 5.32 Å². The van der Waals surface area contributed by atoms with Gasteiger partial charge in [0.05, 0.1) is 5.41 Å². The second kappa shape index (κ2) is 12.0. The smallest absolute Gasteiger partial charge is 0.169 e. The van der Waals surface area contributed by atoms with Gasteiger partial charge in [-0.2, -0.15) is 0 Å². The largest absolute Gasteiger partial charge is 0.324 e. The van der Waals surface area contributed by atoms with Crippen molar-refractivity contribution in [3.8, 4) is 22.3 Å². The van der Waals surface area contributed by atoms with E-state index in [-0.39, 0.29) is 10.8 Å². The summed E-state index contributed by atoms with van der Waals surface area (Å²) in [7, 11) is 0. The van der Waals surface area contributed by atoms with Gasteiger partial charge in [-0.05, 0) is 91.1 Å². The molecule has 6 aromatic carbocycles. The Bertz CT molecular complexity index is 2560. The maximum atomic E-state index is 5.44. The standard InChI is InChI=1S/C50H41N3/c1-49(2,3)35-27-29-40-39-28-26-34(30-44(39)50(45(40)31-35)42-24-14-12-21-37(42)38-22-13-15-25-43(38)50)47-51-46(33-18-8-5-9-19-33)52-48(53-47)41-23-11-10-20-36(41)32-16-6-4-7-17-32/h4-14,16-24,26-31,47H,15,25H2,1-3H3,(H,51,52,53)/t47-,50?/m1/s1. The Balaban J connectivity index is 1.20. The highest BCUT2D eigenvalue weighted by Gasteiger charge is 2.53. The van der Waals surface area contributed by atoms with Crippen LogP contribution in [-0.2, 0) is 10.8 Å². The van der Waals surface area contributed by atoms with Crippen molar-refractivity contribution < 1.29 is 0 Å². The van der Waals surface area contributed by atoms with Crippen LogP contribution in [0, 0.1) is 0 Å². The van der Waals surface area contributed by atoms with Crippen LogP contribution in [0.5, 0.6) is 0 Å². The number of fused-ring (bicyclic) bond motifs is 9. The van der Waals surface area contributed by atoms with E-state index in [0.29, 0.717) is 0 Å². The average molecular weight is 684 g/mol. The van der Waals surface area contributed by atoms with Crippen LogP contribution in [0.1, 0.15) is 84.3 Å².